The summed E-state index contributed by atoms with van der Waals surface area (Å²) in [7, 11) is -3.08. The topological polar surface area (TPSA) is 141 Å². The minimum atomic E-state index is -4.12. The minimum Gasteiger partial charge on any atom is -0.370 e. The largest absolute Gasteiger partial charge is 0.370 e. The molecule has 1 aromatic rings. The zero-order valence-corrected chi connectivity index (χ0v) is 11.9. The standard InChI is InChI=1S/C11H13N3O6S/c1-13(11(16)7-6-10(12)15)21(19,20)9-4-2-8(3-5-9)14(17)18/h2-5H,6-7H2,1H3,(H2,12,15). The van der Waals surface area contributed by atoms with E-state index in [1.165, 1.54) is 0 Å². The van der Waals surface area contributed by atoms with E-state index in [0.29, 0.717) is 4.31 Å². The zero-order chi connectivity index (χ0) is 16.2. The molecule has 0 atom stereocenters. The SMILES string of the molecule is CN(C(=O)CCC(N)=O)S(=O)(=O)c1ccc([N+](=O)[O-])cc1. The molecule has 1 aromatic carbocycles. The summed E-state index contributed by atoms with van der Waals surface area (Å²) >= 11 is 0. The van der Waals surface area contributed by atoms with Crippen LogP contribution in [0.15, 0.2) is 29.2 Å². The van der Waals surface area contributed by atoms with Crippen molar-refractivity contribution >= 4 is 27.5 Å². The van der Waals surface area contributed by atoms with E-state index in [2.05, 4.69) is 0 Å². The summed E-state index contributed by atoms with van der Waals surface area (Å²) in [6.07, 6.45) is -0.600. The van der Waals surface area contributed by atoms with Gasteiger partial charge in [-0.2, -0.15) is 0 Å². The normalized spacial score (nSPS) is 10.9. The lowest BCUT2D eigenvalue weighted by molar-refractivity contribution is -0.384. The van der Waals surface area contributed by atoms with E-state index in [0.717, 1.165) is 31.3 Å². The van der Waals surface area contributed by atoms with Crippen molar-refractivity contribution in [2.24, 2.45) is 5.73 Å². The van der Waals surface area contributed by atoms with Crippen LogP contribution in [0.25, 0.3) is 0 Å². The van der Waals surface area contributed by atoms with Crippen LogP contribution in [0.4, 0.5) is 5.69 Å². The first-order chi connectivity index (χ1) is 9.66. The molecule has 9 nitrogen and oxygen atoms in total. The average Bonchev–Trinajstić information content (AvgIpc) is 2.43. The van der Waals surface area contributed by atoms with Crippen LogP contribution < -0.4 is 5.73 Å². The molecule has 0 aromatic heterocycles. The number of sulfonamides is 1. The van der Waals surface area contributed by atoms with E-state index in [1.807, 2.05) is 0 Å². The third-order valence-electron chi connectivity index (χ3n) is 2.64. The van der Waals surface area contributed by atoms with E-state index in [9.17, 15) is 28.1 Å². The smallest absolute Gasteiger partial charge is 0.269 e. The number of benzene rings is 1. The van der Waals surface area contributed by atoms with Crippen molar-refractivity contribution in [2.75, 3.05) is 7.05 Å². The highest BCUT2D eigenvalue weighted by Gasteiger charge is 2.26. The minimum absolute atomic E-state index is 0.261. The number of hydrogen-bond donors (Lipinski definition) is 1. The van der Waals surface area contributed by atoms with Gasteiger partial charge >= 0.3 is 0 Å². The van der Waals surface area contributed by atoms with Crippen molar-refractivity contribution in [1.29, 1.82) is 0 Å². The summed E-state index contributed by atoms with van der Waals surface area (Å²) in [4.78, 5) is 31.8. The number of hydrogen-bond acceptors (Lipinski definition) is 6. The van der Waals surface area contributed by atoms with Crippen LogP contribution in [0.5, 0.6) is 0 Å². The van der Waals surface area contributed by atoms with Crippen molar-refractivity contribution in [3.8, 4) is 0 Å². The molecular formula is C11H13N3O6S. The van der Waals surface area contributed by atoms with Crippen molar-refractivity contribution < 1.29 is 22.9 Å². The van der Waals surface area contributed by atoms with Crippen molar-refractivity contribution in [3.63, 3.8) is 0 Å². The lowest BCUT2D eigenvalue weighted by atomic mass is 10.3. The number of nitrogens with two attached hydrogens (primary N) is 1. The summed E-state index contributed by atoms with van der Waals surface area (Å²) in [6.45, 7) is 0. The molecule has 0 bridgehead atoms. The number of carbonyl (C=O) groups excluding carboxylic acids is 2. The van der Waals surface area contributed by atoms with E-state index in [1.54, 1.807) is 0 Å². The lowest BCUT2D eigenvalue weighted by Gasteiger charge is -2.17. The van der Waals surface area contributed by atoms with E-state index < -0.39 is 26.8 Å². The van der Waals surface area contributed by atoms with Crippen molar-refractivity contribution in [1.82, 2.24) is 4.31 Å². The van der Waals surface area contributed by atoms with Gasteiger partial charge in [-0.15, -0.1) is 0 Å². The molecule has 0 unspecified atom stereocenters. The summed E-state index contributed by atoms with van der Waals surface area (Å²) in [5.74, 6) is -1.52. The maximum atomic E-state index is 12.1. The van der Waals surface area contributed by atoms with Gasteiger partial charge in [-0.3, -0.25) is 19.7 Å². The predicted molar refractivity (Wildman–Crippen MR) is 71.5 cm³/mol. The van der Waals surface area contributed by atoms with Gasteiger partial charge < -0.3 is 5.73 Å². The van der Waals surface area contributed by atoms with Gasteiger partial charge in [-0.25, -0.2) is 12.7 Å². The molecule has 114 valence electrons. The first-order valence-electron chi connectivity index (χ1n) is 5.71. The number of primary amides is 1. The van der Waals surface area contributed by atoms with Gasteiger partial charge in [-0.05, 0) is 12.1 Å². The van der Waals surface area contributed by atoms with Crippen molar-refractivity contribution in [3.05, 3.63) is 34.4 Å². The number of nitro groups is 1. The molecule has 10 heteroatoms. The quantitative estimate of drug-likeness (QED) is 0.579. The molecule has 0 aliphatic heterocycles. The van der Waals surface area contributed by atoms with Gasteiger partial charge in [0.05, 0.1) is 9.82 Å². The van der Waals surface area contributed by atoms with Crippen molar-refractivity contribution in [2.45, 2.75) is 17.7 Å². The second kappa shape index (κ2) is 6.31. The molecule has 0 radical (unpaired) electrons. The van der Waals surface area contributed by atoms with E-state index >= 15 is 0 Å². The molecule has 0 saturated carbocycles. The van der Waals surface area contributed by atoms with Gasteiger partial charge in [0.1, 0.15) is 0 Å². The number of nitro benzene ring substituents is 1. The highest BCUT2D eigenvalue weighted by Crippen LogP contribution is 2.19. The summed E-state index contributed by atoms with van der Waals surface area (Å²) in [6, 6.07) is 4.11. The fourth-order valence-electron chi connectivity index (χ4n) is 1.42. The fraction of sp³-hybridized carbons (Fsp3) is 0.273. The Labute approximate surface area is 120 Å². The van der Waals surface area contributed by atoms with Crippen LogP contribution >= 0.6 is 0 Å². The second-order valence-electron chi connectivity index (χ2n) is 4.08. The third kappa shape index (κ3) is 3.99. The number of nitrogens with zero attached hydrogens (tertiary/aromatic N) is 2. The van der Waals surface area contributed by atoms with Gasteiger partial charge in [0.15, 0.2) is 0 Å². The van der Waals surface area contributed by atoms with Crippen LogP contribution in [0.1, 0.15) is 12.8 Å². The molecule has 0 saturated heterocycles. The summed E-state index contributed by atoms with van der Waals surface area (Å²) in [5.41, 5.74) is 4.62. The number of rotatable bonds is 6. The number of amides is 2. The molecule has 21 heavy (non-hydrogen) atoms. The second-order valence-corrected chi connectivity index (χ2v) is 6.05. The third-order valence-corrected chi connectivity index (χ3v) is 4.44. The van der Waals surface area contributed by atoms with Crippen LogP contribution in [-0.2, 0) is 19.6 Å². The number of non-ortho nitro benzene ring substituents is 1. The maximum absolute atomic E-state index is 12.1. The van der Waals surface area contributed by atoms with E-state index in [-0.39, 0.29) is 23.4 Å². The van der Waals surface area contributed by atoms with Gasteiger partial charge in [0.2, 0.25) is 11.8 Å². The first kappa shape index (κ1) is 16.6. The molecule has 0 aliphatic carbocycles. The highest BCUT2D eigenvalue weighted by molar-refractivity contribution is 7.89. The van der Waals surface area contributed by atoms with E-state index in [4.69, 9.17) is 5.73 Å². The van der Waals surface area contributed by atoms with Gasteiger partial charge in [-0.1, -0.05) is 0 Å². The molecule has 0 fully saturated rings. The molecule has 0 heterocycles. The Morgan fingerprint density at radius 3 is 2.19 bits per heavy atom. The summed E-state index contributed by atoms with van der Waals surface area (Å²) in [5, 5.41) is 10.5. The molecule has 0 aliphatic rings. The molecule has 1 rings (SSSR count). The summed E-state index contributed by atoms with van der Waals surface area (Å²) < 4.78 is 24.7. The van der Waals surface area contributed by atoms with Gasteiger partial charge in [0.25, 0.3) is 15.7 Å². The Morgan fingerprint density at radius 2 is 1.76 bits per heavy atom. The molecule has 2 amide bonds. The fourth-order valence-corrected chi connectivity index (χ4v) is 2.58. The average molecular weight is 315 g/mol. The highest BCUT2D eigenvalue weighted by atomic mass is 32.2. The first-order valence-corrected chi connectivity index (χ1v) is 7.15. The Hall–Kier alpha value is -2.49. The Kier molecular flexibility index (Phi) is 4.97. The lowest BCUT2D eigenvalue weighted by Crippen LogP contribution is -2.33. The maximum Gasteiger partial charge on any atom is 0.269 e. The van der Waals surface area contributed by atoms with Crippen LogP contribution in [0.3, 0.4) is 0 Å². The zero-order valence-electron chi connectivity index (χ0n) is 11.1. The Balaban J connectivity index is 2.96. The van der Waals surface area contributed by atoms with Gasteiger partial charge in [0, 0.05) is 32.0 Å². The van der Waals surface area contributed by atoms with Crippen LogP contribution in [0.2, 0.25) is 0 Å². The predicted octanol–water partition coefficient (Wildman–Crippen LogP) is 0.00740. The molecule has 0 spiro atoms. The molecule has 2 N–H and O–H groups in total. The number of carbonyl (C=O) groups is 2. The monoisotopic (exact) mass is 315 g/mol. The Bertz CT molecular complexity index is 668. The molecular weight excluding hydrogens is 302 g/mol. The van der Waals surface area contributed by atoms with Crippen LogP contribution in [-0.4, -0.2) is 36.5 Å². The Morgan fingerprint density at radius 1 is 1.24 bits per heavy atom. The van der Waals surface area contributed by atoms with Crippen LogP contribution in [0, 0.1) is 10.1 Å².